The van der Waals surface area contributed by atoms with Crippen molar-refractivity contribution in [3.63, 3.8) is 0 Å². The molecule has 0 amide bonds. The molecule has 33 heavy (non-hydrogen) atoms. The van der Waals surface area contributed by atoms with Gasteiger partial charge in [0.15, 0.2) is 17.5 Å². The van der Waals surface area contributed by atoms with Gasteiger partial charge in [0.1, 0.15) is 12.4 Å². The number of hydrogen-bond acceptors (Lipinski definition) is 5. The zero-order valence-corrected chi connectivity index (χ0v) is 18.3. The van der Waals surface area contributed by atoms with Gasteiger partial charge in [-0.15, -0.1) is 10.2 Å². The summed E-state index contributed by atoms with van der Waals surface area (Å²) in [4.78, 5) is 21.7. The molecule has 0 fully saturated rings. The molecule has 0 N–H and O–H groups in total. The van der Waals surface area contributed by atoms with Crippen molar-refractivity contribution in [2.24, 2.45) is 0 Å². The van der Waals surface area contributed by atoms with Gasteiger partial charge in [-0.2, -0.15) is 17.9 Å². The Hall–Kier alpha value is -3.47. The van der Waals surface area contributed by atoms with Gasteiger partial charge in [0, 0.05) is 29.7 Å². The predicted molar refractivity (Wildman–Crippen MR) is 115 cm³/mol. The molecule has 0 unspecified atom stereocenters. The van der Waals surface area contributed by atoms with Crippen LogP contribution in [0, 0.1) is 0 Å². The lowest BCUT2D eigenvalue weighted by Gasteiger charge is -2.08. The highest BCUT2D eigenvalue weighted by molar-refractivity contribution is 6.30. The monoisotopic (exact) mass is 477 g/mol. The molecule has 3 heterocycles. The molecular weight excluding hydrogens is 459 g/mol. The second-order valence-electron chi connectivity index (χ2n) is 7.19. The van der Waals surface area contributed by atoms with Crippen molar-refractivity contribution in [1.29, 1.82) is 0 Å². The van der Waals surface area contributed by atoms with Crippen LogP contribution in [0.3, 0.4) is 0 Å². The van der Waals surface area contributed by atoms with Crippen LogP contribution in [0.15, 0.2) is 53.5 Å². The van der Waals surface area contributed by atoms with Crippen molar-refractivity contribution in [3.8, 4) is 17.2 Å². The van der Waals surface area contributed by atoms with Crippen molar-refractivity contribution in [2.75, 3.05) is 0 Å². The summed E-state index contributed by atoms with van der Waals surface area (Å²) >= 11 is 5.92. The van der Waals surface area contributed by atoms with Crippen LogP contribution >= 0.6 is 11.6 Å². The average Bonchev–Trinajstić information content (AvgIpc) is 3.34. The third-order valence-corrected chi connectivity index (χ3v) is 5.09. The number of hydrogen-bond donors (Lipinski definition) is 0. The van der Waals surface area contributed by atoms with E-state index in [2.05, 4.69) is 20.2 Å². The first kappa shape index (κ1) is 22.7. The Kier molecular flexibility index (Phi) is 6.32. The number of aromatic nitrogens is 7. The predicted octanol–water partition coefficient (Wildman–Crippen LogP) is 3.90. The van der Waals surface area contributed by atoms with E-state index in [1.807, 2.05) is 13.0 Å². The largest absolute Gasteiger partial charge is 0.390 e. The summed E-state index contributed by atoms with van der Waals surface area (Å²) in [5.41, 5.74) is -0.213. The number of alkyl halides is 3. The van der Waals surface area contributed by atoms with Gasteiger partial charge >= 0.3 is 11.9 Å². The smallest absolute Gasteiger partial charge is 0.275 e. The van der Waals surface area contributed by atoms with Crippen molar-refractivity contribution in [1.82, 2.24) is 34.1 Å². The van der Waals surface area contributed by atoms with E-state index in [9.17, 15) is 18.0 Å². The molecule has 0 aliphatic rings. The Balaban J connectivity index is 1.72. The third-order valence-electron chi connectivity index (χ3n) is 4.84. The van der Waals surface area contributed by atoms with Crippen LogP contribution in [-0.2, 0) is 19.5 Å². The molecule has 0 aliphatic carbocycles. The van der Waals surface area contributed by atoms with Crippen LogP contribution in [0.4, 0.5) is 13.2 Å². The zero-order valence-electron chi connectivity index (χ0n) is 17.5. The number of pyridine rings is 1. The summed E-state index contributed by atoms with van der Waals surface area (Å²) in [6.45, 7) is 1.24. The van der Waals surface area contributed by atoms with Gasteiger partial charge in [-0.1, -0.05) is 24.6 Å². The number of aryl methyl sites for hydroxylation is 1. The quantitative estimate of drug-likeness (QED) is 0.403. The molecule has 0 aliphatic heterocycles. The van der Waals surface area contributed by atoms with E-state index in [-0.39, 0.29) is 12.4 Å². The van der Waals surface area contributed by atoms with Gasteiger partial charge in [-0.25, -0.2) is 19.4 Å². The fourth-order valence-corrected chi connectivity index (χ4v) is 3.41. The zero-order chi connectivity index (χ0) is 23.6. The molecule has 12 heteroatoms. The molecule has 0 bridgehead atoms. The number of rotatable bonds is 7. The molecule has 4 rings (SSSR count). The van der Waals surface area contributed by atoms with E-state index in [1.165, 1.54) is 0 Å². The van der Waals surface area contributed by atoms with E-state index in [4.69, 9.17) is 11.6 Å². The van der Waals surface area contributed by atoms with Gasteiger partial charge < -0.3 is 0 Å². The highest BCUT2D eigenvalue weighted by Crippen LogP contribution is 2.23. The van der Waals surface area contributed by atoms with Gasteiger partial charge in [0.05, 0.1) is 6.42 Å². The van der Waals surface area contributed by atoms with Crippen molar-refractivity contribution in [2.45, 2.75) is 39.0 Å². The molecule has 1 aromatic carbocycles. The second-order valence-corrected chi connectivity index (χ2v) is 7.62. The highest BCUT2D eigenvalue weighted by atomic mass is 35.5. The Morgan fingerprint density at radius 1 is 1.06 bits per heavy atom. The van der Waals surface area contributed by atoms with Crippen LogP contribution < -0.4 is 5.69 Å². The van der Waals surface area contributed by atoms with Crippen LogP contribution in [-0.4, -0.2) is 40.3 Å². The van der Waals surface area contributed by atoms with Gasteiger partial charge in [0.2, 0.25) is 0 Å². The summed E-state index contributed by atoms with van der Waals surface area (Å²) in [5, 5.41) is 9.18. The molecule has 0 radical (unpaired) electrons. The van der Waals surface area contributed by atoms with E-state index >= 15 is 0 Å². The lowest BCUT2D eigenvalue weighted by Crippen LogP contribution is -2.27. The number of halogens is 4. The first-order valence-corrected chi connectivity index (χ1v) is 10.5. The molecule has 3 aromatic heterocycles. The maximum absolute atomic E-state index is 13.0. The Morgan fingerprint density at radius 3 is 2.45 bits per heavy atom. The second kappa shape index (κ2) is 9.18. The standard InChI is InChI=1S/C21H19ClF3N7O/c1-2-17-27-16(28-32(17)18-5-3-4-11-26-18)13-31-20(33)30(12-10-21(23,24)25)19(29-31)14-6-8-15(22)9-7-14/h3-9,11H,2,10,12-13H2,1H3. The highest BCUT2D eigenvalue weighted by Gasteiger charge is 2.28. The summed E-state index contributed by atoms with van der Waals surface area (Å²) in [5.74, 6) is 1.60. The summed E-state index contributed by atoms with van der Waals surface area (Å²) in [6.07, 6.45) is -3.39. The maximum Gasteiger partial charge on any atom is 0.390 e. The Morgan fingerprint density at radius 2 is 1.82 bits per heavy atom. The normalized spacial score (nSPS) is 11.8. The Labute approximate surface area is 191 Å². The van der Waals surface area contributed by atoms with Crippen LogP contribution in [0.1, 0.15) is 25.0 Å². The molecule has 8 nitrogen and oxygen atoms in total. The van der Waals surface area contributed by atoms with E-state index in [0.29, 0.717) is 34.5 Å². The topological polar surface area (TPSA) is 83.4 Å². The van der Waals surface area contributed by atoms with Crippen molar-refractivity contribution >= 4 is 11.6 Å². The van der Waals surface area contributed by atoms with Crippen LogP contribution in [0.25, 0.3) is 17.2 Å². The first-order valence-electron chi connectivity index (χ1n) is 10.1. The van der Waals surface area contributed by atoms with Gasteiger partial charge in [-0.05, 0) is 36.4 Å². The molecule has 0 atom stereocenters. The van der Waals surface area contributed by atoms with Gasteiger partial charge in [0.25, 0.3) is 0 Å². The van der Waals surface area contributed by atoms with Crippen molar-refractivity contribution < 1.29 is 13.2 Å². The summed E-state index contributed by atoms with van der Waals surface area (Å²) < 4.78 is 42.3. The Bertz CT molecular complexity index is 1290. The van der Waals surface area contributed by atoms with E-state index in [1.54, 1.807) is 47.3 Å². The maximum atomic E-state index is 13.0. The molecule has 0 saturated heterocycles. The summed E-state index contributed by atoms with van der Waals surface area (Å²) in [6, 6.07) is 11.7. The summed E-state index contributed by atoms with van der Waals surface area (Å²) in [7, 11) is 0. The molecule has 0 spiro atoms. The van der Waals surface area contributed by atoms with Gasteiger partial charge in [-0.3, -0.25) is 4.57 Å². The minimum Gasteiger partial charge on any atom is -0.275 e. The van der Waals surface area contributed by atoms with E-state index < -0.39 is 24.8 Å². The fourth-order valence-electron chi connectivity index (χ4n) is 3.28. The molecule has 172 valence electrons. The van der Waals surface area contributed by atoms with Crippen LogP contribution in [0.5, 0.6) is 0 Å². The molecule has 4 aromatic rings. The molecular formula is C21H19ClF3N7O. The number of nitrogens with zero attached hydrogens (tertiary/aromatic N) is 7. The third kappa shape index (κ3) is 5.14. The average molecular weight is 478 g/mol. The lowest BCUT2D eigenvalue weighted by molar-refractivity contribution is -0.136. The number of benzene rings is 1. The van der Waals surface area contributed by atoms with Crippen LogP contribution in [0.2, 0.25) is 5.02 Å². The van der Waals surface area contributed by atoms with E-state index in [0.717, 1.165) is 9.25 Å². The molecule has 0 saturated carbocycles. The lowest BCUT2D eigenvalue weighted by atomic mass is 10.2. The minimum atomic E-state index is -4.42. The van der Waals surface area contributed by atoms with Crippen molar-refractivity contribution in [3.05, 3.63) is 75.8 Å². The fraction of sp³-hybridized carbons (Fsp3) is 0.286. The first-order chi connectivity index (χ1) is 15.7. The SMILES string of the molecule is CCc1nc(Cn2nc(-c3ccc(Cl)cc3)n(CCC(F)(F)F)c2=O)nn1-c1ccccn1. The minimum absolute atomic E-state index is 0.106.